The van der Waals surface area contributed by atoms with Crippen molar-refractivity contribution < 1.29 is 0 Å². The van der Waals surface area contributed by atoms with Crippen LogP contribution in [0.1, 0.15) is 19.3 Å². The van der Waals surface area contributed by atoms with E-state index < -0.39 is 0 Å². The van der Waals surface area contributed by atoms with Crippen molar-refractivity contribution >= 4 is 0 Å². The fourth-order valence-corrected chi connectivity index (χ4v) is 2.41. The lowest BCUT2D eigenvalue weighted by Crippen LogP contribution is -2.42. The molecule has 0 amide bonds. The largest absolute Gasteiger partial charge is 0.337 e. The van der Waals surface area contributed by atoms with Gasteiger partial charge in [-0.2, -0.15) is 0 Å². The van der Waals surface area contributed by atoms with E-state index in [9.17, 15) is 0 Å². The molecular weight excluding hydrogens is 200 g/mol. The highest BCUT2D eigenvalue weighted by Gasteiger charge is 2.26. The number of imidazole rings is 1. The fourth-order valence-electron chi connectivity index (χ4n) is 2.41. The maximum atomic E-state index is 5.78. The van der Waals surface area contributed by atoms with Crippen molar-refractivity contribution in [3.05, 3.63) is 18.7 Å². The van der Waals surface area contributed by atoms with Gasteiger partial charge in [0, 0.05) is 31.5 Å². The summed E-state index contributed by atoms with van der Waals surface area (Å²) in [6.07, 6.45) is 9.35. The van der Waals surface area contributed by atoms with Crippen molar-refractivity contribution in [2.45, 2.75) is 31.8 Å². The van der Waals surface area contributed by atoms with Crippen LogP contribution in [0, 0.1) is 5.92 Å². The first-order valence-electron chi connectivity index (χ1n) is 6.14. The predicted octanol–water partition coefficient (Wildman–Crippen LogP) is 0.942. The molecule has 1 saturated carbocycles. The number of nitrogens with two attached hydrogens (primary N) is 1. The van der Waals surface area contributed by atoms with Gasteiger partial charge in [0.2, 0.25) is 0 Å². The molecule has 0 unspecified atom stereocenters. The molecule has 4 nitrogen and oxygen atoms in total. The zero-order chi connectivity index (χ0) is 11.4. The normalized spacial score (nSPS) is 24.7. The van der Waals surface area contributed by atoms with Crippen molar-refractivity contribution in [3.63, 3.8) is 0 Å². The van der Waals surface area contributed by atoms with E-state index in [1.165, 1.54) is 25.8 Å². The molecule has 16 heavy (non-hydrogen) atoms. The van der Waals surface area contributed by atoms with Gasteiger partial charge < -0.3 is 15.2 Å². The Kier molecular flexibility index (Phi) is 3.96. The molecule has 0 bridgehead atoms. The van der Waals surface area contributed by atoms with Crippen molar-refractivity contribution in [2.24, 2.45) is 11.7 Å². The average Bonchev–Trinajstić information content (AvgIpc) is 2.68. The van der Waals surface area contributed by atoms with Gasteiger partial charge in [-0.3, -0.25) is 0 Å². The van der Waals surface area contributed by atoms with Crippen LogP contribution in [0.3, 0.4) is 0 Å². The van der Waals surface area contributed by atoms with E-state index in [0.29, 0.717) is 6.04 Å². The van der Waals surface area contributed by atoms with Gasteiger partial charge >= 0.3 is 0 Å². The molecule has 0 aromatic carbocycles. The van der Waals surface area contributed by atoms with E-state index in [1.54, 1.807) is 0 Å². The van der Waals surface area contributed by atoms with Crippen molar-refractivity contribution in [1.29, 1.82) is 0 Å². The number of hydrogen-bond acceptors (Lipinski definition) is 3. The van der Waals surface area contributed by atoms with Gasteiger partial charge in [-0.1, -0.05) is 0 Å². The zero-order valence-corrected chi connectivity index (χ0v) is 10.0. The lowest BCUT2D eigenvalue weighted by atomic mass is 9.80. The maximum Gasteiger partial charge on any atom is 0.0945 e. The molecule has 0 aliphatic heterocycles. The second kappa shape index (κ2) is 5.46. The Morgan fingerprint density at radius 2 is 2.31 bits per heavy atom. The Bertz CT molecular complexity index is 290. The van der Waals surface area contributed by atoms with Crippen molar-refractivity contribution in [2.75, 3.05) is 20.1 Å². The van der Waals surface area contributed by atoms with Crippen LogP contribution in [0.4, 0.5) is 0 Å². The Morgan fingerprint density at radius 1 is 1.50 bits per heavy atom. The second-order valence-electron chi connectivity index (χ2n) is 5.01. The summed E-state index contributed by atoms with van der Waals surface area (Å²) in [4.78, 5) is 6.46. The van der Waals surface area contributed by atoms with E-state index in [1.807, 2.05) is 18.7 Å². The molecular formula is C12H22N4. The SMILES string of the molecule is CN(CCCn1ccnc1)CC1CC(N)C1. The van der Waals surface area contributed by atoms with Crippen LogP contribution in [0.5, 0.6) is 0 Å². The summed E-state index contributed by atoms with van der Waals surface area (Å²) in [6.45, 7) is 3.43. The number of aryl methyl sites for hydroxylation is 1. The van der Waals surface area contributed by atoms with Crippen molar-refractivity contribution in [3.8, 4) is 0 Å². The van der Waals surface area contributed by atoms with Crippen LogP contribution in [-0.2, 0) is 6.54 Å². The van der Waals surface area contributed by atoms with E-state index in [4.69, 9.17) is 5.73 Å². The second-order valence-corrected chi connectivity index (χ2v) is 5.01. The molecule has 4 heteroatoms. The number of rotatable bonds is 6. The highest BCUT2D eigenvalue weighted by Crippen LogP contribution is 2.25. The topological polar surface area (TPSA) is 47.1 Å². The fraction of sp³-hybridized carbons (Fsp3) is 0.750. The molecule has 1 fully saturated rings. The standard InChI is InChI=1S/C12H22N4/c1-15(9-11-7-12(13)8-11)4-2-5-16-6-3-14-10-16/h3,6,10-12H,2,4-5,7-9,13H2,1H3. The van der Waals surface area contributed by atoms with Gasteiger partial charge in [0.25, 0.3) is 0 Å². The van der Waals surface area contributed by atoms with E-state index in [2.05, 4.69) is 21.5 Å². The molecule has 1 aliphatic carbocycles. The van der Waals surface area contributed by atoms with Crippen LogP contribution in [-0.4, -0.2) is 40.6 Å². The molecule has 0 atom stereocenters. The van der Waals surface area contributed by atoms with E-state index in [-0.39, 0.29) is 0 Å². The highest BCUT2D eigenvalue weighted by atomic mass is 15.1. The summed E-state index contributed by atoms with van der Waals surface area (Å²) in [5.41, 5.74) is 5.78. The summed E-state index contributed by atoms with van der Waals surface area (Å²) >= 11 is 0. The minimum atomic E-state index is 0.476. The lowest BCUT2D eigenvalue weighted by Gasteiger charge is -2.35. The molecule has 1 aliphatic rings. The molecule has 90 valence electrons. The monoisotopic (exact) mass is 222 g/mol. The average molecular weight is 222 g/mol. The van der Waals surface area contributed by atoms with Gasteiger partial charge in [-0.25, -0.2) is 4.98 Å². The van der Waals surface area contributed by atoms with E-state index >= 15 is 0 Å². The number of aromatic nitrogens is 2. The third kappa shape index (κ3) is 3.32. The first-order valence-corrected chi connectivity index (χ1v) is 6.14. The minimum absolute atomic E-state index is 0.476. The van der Waals surface area contributed by atoms with Crippen LogP contribution in [0.2, 0.25) is 0 Å². The first-order chi connectivity index (χ1) is 7.74. The van der Waals surface area contributed by atoms with Gasteiger partial charge in [0.05, 0.1) is 6.33 Å². The van der Waals surface area contributed by atoms with Gasteiger partial charge in [0.1, 0.15) is 0 Å². The quantitative estimate of drug-likeness (QED) is 0.779. The lowest BCUT2D eigenvalue weighted by molar-refractivity contribution is 0.180. The molecule has 1 aromatic heterocycles. The molecule has 2 N–H and O–H groups in total. The first kappa shape index (κ1) is 11.6. The third-order valence-corrected chi connectivity index (χ3v) is 3.36. The summed E-state index contributed by atoms with van der Waals surface area (Å²) in [5.74, 6) is 0.841. The van der Waals surface area contributed by atoms with Crippen molar-refractivity contribution in [1.82, 2.24) is 14.5 Å². The summed E-state index contributed by atoms with van der Waals surface area (Å²) < 4.78 is 2.13. The minimum Gasteiger partial charge on any atom is -0.337 e. The summed E-state index contributed by atoms with van der Waals surface area (Å²) in [6, 6.07) is 0.476. The summed E-state index contributed by atoms with van der Waals surface area (Å²) in [7, 11) is 2.21. The van der Waals surface area contributed by atoms with Crippen LogP contribution >= 0.6 is 0 Å². The van der Waals surface area contributed by atoms with Gasteiger partial charge in [0.15, 0.2) is 0 Å². The molecule has 2 rings (SSSR count). The Hall–Kier alpha value is -0.870. The third-order valence-electron chi connectivity index (χ3n) is 3.36. The molecule has 1 heterocycles. The maximum absolute atomic E-state index is 5.78. The Balaban J connectivity index is 1.55. The Labute approximate surface area is 97.4 Å². The molecule has 0 spiro atoms. The molecule has 0 saturated heterocycles. The smallest absolute Gasteiger partial charge is 0.0945 e. The zero-order valence-electron chi connectivity index (χ0n) is 10.0. The van der Waals surface area contributed by atoms with Gasteiger partial charge in [-0.05, 0) is 38.8 Å². The van der Waals surface area contributed by atoms with Gasteiger partial charge in [-0.15, -0.1) is 0 Å². The number of hydrogen-bond donors (Lipinski definition) is 1. The molecule has 1 aromatic rings. The Morgan fingerprint density at radius 3 is 2.94 bits per heavy atom. The van der Waals surface area contributed by atoms with E-state index in [0.717, 1.165) is 19.0 Å². The molecule has 0 radical (unpaired) electrons. The highest BCUT2D eigenvalue weighted by molar-refractivity contribution is 4.83. The van der Waals surface area contributed by atoms with Crippen LogP contribution in [0.25, 0.3) is 0 Å². The predicted molar refractivity (Wildman–Crippen MR) is 65.0 cm³/mol. The van der Waals surface area contributed by atoms with Crippen LogP contribution < -0.4 is 5.73 Å². The summed E-state index contributed by atoms with van der Waals surface area (Å²) in [5, 5.41) is 0. The number of nitrogens with zero attached hydrogens (tertiary/aromatic N) is 3. The van der Waals surface area contributed by atoms with Crippen LogP contribution in [0.15, 0.2) is 18.7 Å².